The van der Waals surface area contributed by atoms with Gasteiger partial charge >= 0.3 is 12.0 Å². The number of carboxylic acids is 1. The third kappa shape index (κ3) is 4.23. The molecule has 0 bridgehead atoms. The van der Waals surface area contributed by atoms with Crippen LogP contribution in [0.2, 0.25) is 0 Å². The van der Waals surface area contributed by atoms with Gasteiger partial charge in [0, 0.05) is 20.7 Å². The van der Waals surface area contributed by atoms with Crippen LogP contribution in [-0.2, 0) is 22.4 Å². The molecular weight excluding hydrogens is 558 g/mol. The second-order valence-electron chi connectivity index (χ2n) is 9.25. The molecule has 3 aromatic rings. The third-order valence-corrected chi connectivity index (χ3v) is 8.61. The summed E-state index contributed by atoms with van der Waals surface area (Å²) in [6, 6.07) is 6.15. The molecule has 0 atom stereocenters. The van der Waals surface area contributed by atoms with Gasteiger partial charge in [0.25, 0.3) is 11.8 Å². The molecule has 1 aliphatic carbocycles. The average Bonchev–Trinajstić information content (AvgIpc) is 3.34. The predicted octanol–water partition coefficient (Wildman–Crippen LogP) is 5.47. The van der Waals surface area contributed by atoms with E-state index in [2.05, 4.69) is 21.2 Å². The maximum atomic E-state index is 13.4. The Morgan fingerprint density at radius 2 is 1.84 bits per heavy atom. The van der Waals surface area contributed by atoms with Gasteiger partial charge in [-0.1, -0.05) is 15.9 Å². The van der Waals surface area contributed by atoms with E-state index in [9.17, 15) is 24.3 Å². The van der Waals surface area contributed by atoms with Gasteiger partial charge in [0.15, 0.2) is 0 Å². The van der Waals surface area contributed by atoms with Crippen LogP contribution in [-0.4, -0.2) is 33.5 Å². The monoisotopic (exact) mass is 581 g/mol. The highest BCUT2D eigenvalue weighted by Crippen LogP contribution is 2.39. The first-order chi connectivity index (χ1) is 17.6. The minimum absolute atomic E-state index is 0.175. The molecule has 190 valence electrons. The number of aromatic carboxylic acids is 1. The SMILES string of the molecule is Cc1cc(Br)ccc1N1C(=O)NC(=O)/C(=C\c2cc(C)n(-c3sc4c(c3C(=O)O)CCCC4)c2C)C1=O. The van der Waals surface area contributed by atoms with Crippen LogP contribution in [0.4, 0.5) is 10.5 Å². The van der Waals surface area contributed by atoms with E-state index in [0.717, 1.165) is 51.2 Å². The van der Waals surface area contributed by atoms with Crippen LogP contribution in [0.25, 0.3) is 11.1 Å². The van der Waals surface area contributed by atoms with Gasteiger partial charge in [-0.3, -0.25) is 14.9 Å². The zero-order chi connectivity index (χ0) is 26.6. The van der Waals surface area contributed by atoms with E-state index < -0.39 is 23.8 Å². The molecule has 1 saturated heterocycles. The molecular formula is C27H24BrN3O5S. The van der Waals surface area contributed by atoms with Crippen LogP contribution in [0.3, 0.4) is 0 Å². The molecule has 5 rings (SSSR count). The van der Waals surface area contributed by atoms with E-state index >= 15 is 0 Å². The lowest BCUT2D eigenvalue weighted by atomic mass is 9.95. The lowest BCUT2D eigenvalue weighted by Crippen LogP contribution is -2.54. The Balaban J connectivity index is 1.59. The number of anilines is 1. The summed E-state index contributed by atoms with van der Waals surface area (Å²) >= 11 is 4.87. The number of nitrogens with zero attached hydrogens (tertiary/aromatic N) is 2. The zero-order valence-corrected chi connectivity index (χ0v) is 22.9. The van der Waals surface area contributed by atoms with Crippen molar-refractivity contribution in [3.05, 3.63) is 72.8 Å². The first-order valence-corrected chi connectivity index (χ1v) is 13.4. The second kappa shape index (κ2) is 9.42. The Labute approximate surface area is 225 Å². The van der Waals surface area contributed by atoms with Crippen LogP contribution < -0.4 is 10.2 Å². The summed E-state index contributed by atoms with van der Waals surface area (Å²) in [7, 11) is 0. The van der Waals surface area contributed by atoms with Crippen LogP contribution in [0.15, 0.2) is 34.3 Å². The number of carbonyl (C=O) groups is 4. The topological polar surface area (TPSA) is 109 Å². The number of benzene rings is 1. The van der Waals surface area contributed by atoms with Gasteiger partial charge in [-0.25, -0.2) is 14.5 Å². The van der Waals surface area contributed by atoms with Crippen molar-refractivity contribution in [2.75, 3.05) is 4.90 Å². The lowest BCUT2D eigenvalue weighted by Gasteiger charge is -2.27. The summed E-state index contributed by atoms with van der Waals surface area (Å²) in [5, 5.41) is 12.9. The standard InChI is InChI=1S/C27H24BrN3O5S/c1-13-10-17(28)8-9-20(13)31-24(33)19(23(32)29-27(31)36)12-16-11-14(2)30(15(16)3)25-22(26(34)35)18-6-4-5-7-21(18)37-25/h8-12H,4-7H2,1-3H3,(H,34,35)(H,29,32,36)/b19-12+. The fourth-order valence-electron chi connectivity index (χ4n) is 5.08. The van der Waals surface area contributed by atoms with Gasteiger partial charge in [0.1, 0.15) is 10.6 Å². The summed E-state index contributed by atoms with van der Waals surface area (Å²) in [6.07, 6.45) is 5.09. The molecule has 0 spiro atoms. The molecule has 3 heterocycles. The van der Waals surface area contributed by atoms with E-state index in [0.29, 0.717) is 33.1 Å². The Morgan fingerprint density at radius 1 is 1.11 bits per heavy atom. The molecule has 8 nitrogen and oxygen atoms in total. The minimum Gasteiger partial charge on any atom is -0.478 e. The molecule has 0 radical (unpaired) electrons. The molecule has 1 fully saturated rings. The normalized spacial score (nSPS) is 16.8. The maximum Gasteiger partial charge on any atom is 0.339 e. The van der Waals surface area contributed by atoms with Crippen LogP contribution >= 0.6 is 27.3 Å². The zero-order valence-electron chi connectivity index (χ0n) is 20.5. The Hall–Kier alpha value is -3.50. The summed E-state index contributed by atoms with van der Waals surface area (Å²) in [5.41, 5.74) is 4.21. The minimum atomic E-state index is -0.956. The molecule has 2 N–H and O–H groups in total. The molecule has 37 heavy (non-hydrogen) atoms. The van der Waals surface area contributed by atoms with Gasteiger partial charge in [-0.15, -0.1) is 11.3 Å². The molecule has 10 heteroatoms. The predicted molar refractivity (Wildman–Crippen MR) is 145 cm³/mol. The smallest absolute Gasteiger partial charge is 0.339 e. The molecule has 1 aliphatic heterocycles. The molecule has 2 aliphatic rings. The van der Waals surface area contributed by atoms with Crippen molar-refractivity contribution in [3.8, 4) is 5.00 Å². The van der Waals surface area contributed by atoms with Crippen molar-refractivity contribution in [2.24, 2.45) is 0 Å². The lowest BCUT2D eigenvalue weighted by molar-refractivity contribution is -0.122. The number of barbiturate groups is 1. The molecule has 0 unspecified atom stereocenters. The summed E-state index contributed by atoms with van der Waals surface area (Å²) in [6.45, 7) is 5.47. The summed E-state index contributed by atoms with van der Waals surface area (Å²) < 4.78 is 2.68. The highest BCUT2D eigenvalue weighted by atomic mass is 79.9. The van der Waals surface area contributed by atoms with Crippen molar-refractivity contribution >= 4 is 62.8 Å². The number of amides is 4. The van der Waals surface area contributed by atoms with Gasteiger partial charge < -0.3 is 9.67 Å². The quantitative estimate of drug-likeness (QED) is 0.313. The number of rotatable bonds is 4. The number of aromatic nitrogens is 1. The summed E-state index contributed by atoms with van der Waals surface area (Å²) in [5.74, 6) is -2.45. The molecule has 4 amide bonds. The first-order valence-electron chi connectivity index (χ1n) is 11.8. The van der Waals surface area contributed by atoms with Crippen LogP contribution in [0, 0.1) is 20.8 Å². The maximum absolute atomic E-state index is 13.4. The highest BCUT2D eigenvalue weighted by molar-refractivity contribution is 9.10. The summed E-state index contributed by atoms with van der Waals surface area (Å²) in [4.78, 5) is 53.1. The highest BCUT2D eigenvalue weighted by Gasteiger charge is 2.38. The van der Waals surface area contributed by atoms with Crippen molar-refractivity contribution in [1.82, 2.24) is 9.88 Å². The van der Waals surface area contributed by atoms with Crippen molar-refractivity contribution in [2.45, 2.75) is 46.5 Å². The number of halogens is 1. The van der Waals surface area contributed by atoms with Gasteiger partial charge in [-0.05, 0) is 93.5 Å². The van der Waals surface area contributed by atoms with Crippen molar-refractivity contribution in [1.29, 1.82) is 0 Å². The van der Waals surface area contributed by atoms with Crippen LogP contribution in [0.5, 0.6) is 0 Å². The van der Waals surface area contributed by atoms with Crippen molar-refractivity contribution < 1.29 is 24.3 Å². The number of urea groups is 1. The Kier molecular flexibility index (Phi) is 6.41. The van der Waals surface area contributed by atoms with Crippen LogP contribution in [0.1, 0.15) is 56.2 Å². The van der Waals surface area contributed by atoms with E-state index in [4.69, 9.17) is 0 Å². The van der Waals surface area contributed by atoms with Crippen molar-refractivity contribution in [3.63, 3.8) is 0 Å². The number of hydrogen-bond acceptors (Lipinski definition) is 5. The average molecular weight is 582 g/mol. The van der Waals surface area contributed by atoms with E-state index in [-0.39, 0.29) is 5.57 Å². The third-order valence-electron chi connectivity index (χ3n) is 6.84. The Bertz CT molecular complexity index is 1550. The molecule has 2 aromatic heterocycles. The number of thiophene rings is 1. The number of carbonyl (C=O) groups excluding carboxylic acids is 3. The molecule has 0 saturated carbocycles. The van der Waals surface area contributed by atoms with E-state index in [1.54, 1.807) is 25.1 Å². The fourth-order valence-corrected chi connectivity index (χ4v) is 7.04. The number of fused-ring (bicyclic) bond motifs is 1. The Morgan fingerprint density at radius 3 is 2.54 bits per heavy atom. The number of imide groups is 2. The van der Waals surface area contributed by atoms with E-state index in [1.807, 2.05) is 24.5 Å². The first kappa shape index (κ1) is 25.2. The number of nitrogens with one attached hydrogen (secondary N) is 1. The molecule has 1 aromatic carbocycles. The van der Waals surface area contributed by atoms with Gasteiger partial charge in [0.2, 0.25) is 0 Å². The van der Waals surface area contributed by atoms with E-state index in [1.165, 1.54) is 17.4 Å². The number of carboxylic acid groups (broad SMARTS) is 1. The fraction of sp³-hybridized carbons (Fsp3) is 0.259. The second-order valence-corrected chi connectivity index (χ2v) is 11.2. The van der Waals surface area contributed by atoms with Gasteiger partial charge in [-0.2, -0.15) is 0 Å². The number of aryl methyl sites for hydroxylation is 3. The number of hydrogen-bond donors (Lipinski definition) is 2. The van der Waals surface area contributed by atoms with Gasteiger partial charge in [0.05, 0.1) is 11.3 Å². The largest absolute Gasteiger partial charge is 0.478 e.